The van der Waals surface area contributed by atoms with Crippen molar-refractivity contribution in [1.29, 1.82) is 0 Å². The first-order chi connectivity index (χ1) is 15.6. The monoisotopic (exact) mass is 452 g/mol. The predicted molar refractivity (Wildman–Crippen MR) is 132 cm³/mol. The van der Waals surface area contributed by atoms with Crippen molar-refractivity contribution >= 4 is 6.47 Å². The maximum absolute atomic E-state index is 10.3. The normalized spacial score (nSPS) is 21.2. The molecule has 1 saturated carbocycles. The van der Waals surface area contributed by atoms with Gasteiger partial charge in [0.15, 0.2) is 0 Å². The molecule has 0 bridgehead atoms. The highest BCUT2D eigenvalue weighted by Crippen LogP contribution is 2.48. The van der Waals surface area contributed by atoms with E-state index in [0.29, 0.717) is 0 Å². The molecule has 0 radical (unpaired) electrons. The van der Waals surface area contributed by atoms with Crippen LogP contribution in [0.2, 0.25) is 0 Å². The lowest BCUT2D eigenvalue weighted by Crippen LogP contribution is -2.26. The summed E-state index contributed by atoms with van der Waals surface area (Å²) in [6.07, 6.45) is 12.0. The number of hydrogen-bond donors (Lipinski definition) is 3. The van der Waals surface area contributed by atoms with E-state index in [9.17, 15) is 5.11 Å². The molecule has 186 valence electrons. The molecule has 3 N–H and O–H groups in total. The molecule has 3 rings (SSSR count). The van der Waals surface area contributed by atoms with Crippen LogP contribution in [-0.4, -0.2) is 41.6 Å². The highest BCUT2D eigenvalue weighted by atomic mass is 16.5. The highest BCUT2D eigenvalue weighted by Gasteiger charge is 2.39. The molecule has 4 atom stereocenters. The second-order valence-corrected chi connectivity index (χ2v) is 8.33. The van der Waals surface area contributed by atoms with E-state index < -0.39 is 0 Å². The average Bonchev–Trinajstić information content (AvgIpc) is 3.22. The van der Waals surface area contributed by atoms with E-state index in [0.717, 1.165) is 50.1 Å². The minimum absolute atomic E-state index is 0.0777. The standard InChI is InChI=1S/C23H36O2.C2H6.CH2O2.CH4O/c1-3-5-6-9-20(24)14-13-17-11-12-19-16-22-18(15-21(17)19)8-7-10-23(22)25-4-2;1-2;2-1-3;1-2/h7-8,10,17,19-21,24H,3-6,9,11-16H2,1-2H3;1-2H3;1H,(H,2,3);2H,1H3. The zero-order valence-corrected chi connectivity index (χ0v) is 21.1. The van der Waals surface area contributed by atoms with E-state index in [4.69, 9.17) is 19.7 Å². The van der Waals surface area contributed by atoms with Crippen LogP contribution in [0.5, 0.6) is 5.75 Å². The van der Waals surface area contributed by atoms with Gasteiger partial charge in [0.1, 0.15) is 5.75 Å². The van der Waals surface area contributed by atoms with Crippen molar-refractivity contribution in [3.8, 4) is 5.75 Å². The third-order valence-electron chi connectivity index (χ3n) is 6.58. The molecule has 2 aliphatic rings. The highest BCUT2D eigenvalue weighted by molar-refractivity contribution is 5.42. The first-order valence-corrected chi connectivity index (χ1v) is 12.6. The Hall–Kier alpha value is -1.59. The summed E-state index contributed by atoms with van der Waals surface area (Å²) in [6.45, 7) is 8.80. The van der Waals surface area contributed by atoms with Crippen LogP contribution in [0.15, 0.2) is 18.2 Å². The summed E-state index contributed by atoms with van der Waals surface area (Å²) in [5.41, 5.74) is 2.99. The SMILES string of the molecule is CC.CCCCCC(O)CCC1CCC2Cc3c(cccc3OCC)CC12.CO.O=CO. The second-order valence-electron chi connectivity index (χ2n) is 8.33. The van der Waals surface area contributed by atoms with Crippen LogP contribution in [0, 0.1) is 17.8 Å². The van der Waals surface area contributed by atoms with Crippen molar-refractivity contribution in [2.75, 3.05) is 13.7 Å². The molecule has 5 nitrogen and oxygen atoms in total. The Morgan fingerprint density at radius 3 is 2.41 bits per heavy atom. The van der Waals surface area contributed by atoms with Crippen LogP contribution in [0.4, 0.5) is 0 Å². The van der Waals surface area contributed by atoms with Gasteiger partial charge in [-0.05, 0) is 86.8 Å². The van der Waals surface area contributed by atoms with Crippen molar-refractivity contribution < 1.29 is 24.9 Å². The van der Waals surface area contributed by atoms with Crippen molar-refractivity contribution in [2.45, 2.75) is 98.0 Å². The zero-order valence-electron chi connectivity index (χ0n) is 21.1. The quantitative estimate of drug-likeness (QED) is 0.321. The number of rotatable bonds is 9. The van der Waals surface area contributed by atoms with Gasteiger partial charge in [0.25, 0.3) is 6.47 Å². The first-order valence-electron chi connectivity index (χ1n) is 12.6. The Morgan fingerprint density at radius 2 is 1.78 bits per heavy atom. The van der Waals surface area contributed by atoms with E-state index >= 15 is 0 Å². The van der Waals surface area contributed by atoms with Gasteiger partial charge in [-0.1, -0.05) is 52.2 Å². The summed E-state index contributed by atoms with van der Waals surface area (Å²) < 4.78 is 5.87. The Bertz CT molecular complexity index is 589. The molecule has 0 spiro atoms. The van der Waals surface area contributed by atoms with Gasteiger partial charge in [-0.3, -0.25) is 4.79 Å². The molecule has 2 aliphatic carbocycles. The number of benzene rings is 1. The average molecular weight is 453 g/mol. The molecule has 0 aromatic heterocycles. The topological polar surface area (TPSA) is 87.0 Å². The van der Waals surface area contributed by atoms with Crippen molar-refractivity contribution in [2.24, 2.45) is 17.8 Å². The van der Waals surface area contributed by atoms with Crippen molar-refractivity contribution in [1.82, 2.24) is 0 Å². The lowest BCUT2D eigenvalue weighted by atomic mass is 9.73. The van der Waals surface area contributed by atoms with E-state index in [2.05, 4.69) is 32.0 Å². The summed E-state index contributed by atoms with van der Waals surface area (Å²) in [5, 5.41) is 24.2. The van der Waals surface area contributed by atoms with Crippen LogP contribution < -0.4 is 4.74 Å². The molecule has 0 heterocycles. The Morgan fingerprint density at radius 1 is 1.09 bits per heavy atom. The smallest absolute Gasteiger partial charge is 0.290 e. The fourth-order valence-electron chi connectivity index (χ4n) is 5.21. The van der Waals surface area contributed by atoms with Gasteiger partial charge in [0, 0.05) is 7.11 Å². The Labute approximate surface area is 196 Å². The van der Waals surface area contributed by atoms with Crippen LogP contribution in [0.1, 0.15) is 90.2 Å². The van der Waals surface area contributed by atoms with E-state index in [1.807, 2.05) is 13.8 Å². The summed E-state index contributed by atoms with van der Waals surface area (Å²) in [4.78, 5) is 8.36. The molecule has 1 aromatic carbocycles. The molecule has 0 amide bonds. The number of carboxylic acid groups (broad SMARTS) is 1. The second kappa shape index (κ2) is 18.9. The van der Waals surface area contributed by atoms with Gasteiger partial charge in [-0.15, -0.1) is 0 Å². The number of ether oxygens (including phenoxy) is 1. The largest absolute Gasteiger partial charge is 0.494 e. The fourth-order valence-corrected chi connectivity index (χ4v) is 5.21. The summed E-state index contributed by atoms with van der Waals surface area (Å²) in [7, 11) is 1.00. The van der Waals surface area contributed by atoms with Gasteiger partial charge in [-0.25, -0.2) is 0 Å². The minimum atomic E-state index is -0.250. The third-order valence-corrected chi connectivity index (χ3v) is 6.58. The number of unbranched alkanes of at least 4 members (excludes halogenated alkanes) is 2. The van der Waals surface area contributed by atoms with Gasteiger partial charge >= 0.3 is 0 Å². The van der Waals surface area contributed by atoms with Crippen LogP contribution in [0.25, 0.3) is 0 Å². The molecular formula is C27H48O5. The molecule has 0 aliphatic heterocycles. The number of aliphatic hydroxyl groups excluding tert-OH is 2. The molecule has 5 heteroatoms. The predicted octanol–water partition coefficient (Wildman–Crippen LogP) is 5.88. The van der Waals surface area contributed by atoms with Crippen molar-refractivity contribution in [3.05, 3.63) is 29.3 Å². The molecule has 0 saturated heterocycles. The number of fused-ring (bicyclic) bond motifs is 2. The zero-order chi connectivity index (χ0) is 24.4. The fraction of sp³-hybridized carbons (Fsp3) is 0.741. The number of hydrogen-bond acceptors (Lipinski definition) is 4. The van der Waals surface area contributed by atoms with Crippen LogP contribution in [0.3, 0.4) is 0 Å². The number of aliphatic hydroxyl groups is 2. The molecular weight excluding hydrogens is 404 g/mol. The Balaban J connectivity index is 0.00000124. The molecule has 1 fully saturated rings. The summed E-state index contributed by atoms with van der Waals surface area (Å²) in [6, 6.07) is 6.61. The van der Waals surface area contributed by atoms with Gasteiger partial charge in [0.2, 0.25) is 0 Å². The van der Waals surface area contributed by atoms with Crippen molar-refractivity contribution in [3.63, 3.8) is 0 Å². The lowest BCUT2D eigenvalue weighted by Gasteiger charge is -2.32. The maximum atomic E-state index is 10.3. The van der Waals surface area contributed by atoms with E-state index in [-0.39, 0.29) is 12.6 Å². The van der Waals surface area contributed by atoms with Gasteiger partial charge in [-0.2, -0.15) is 0 Å². The Kier molecular flexibility index (Phi) is 18.0. The molecule has 32 heavy (non-hydrogen) atoms. The van der Waals surface area contributed by atoms with Gasteiger partial charge in [0.05, 0.1) is 12.7 Å². The van der Waals surface area contributed by atoms with E-state index in [1.54, 1.807) is 0 Å². The number of carbonyl (C=O) groups is 1. The summed E-state index contributed by atoms with van der Waals surface area (Å²) in [5.74, 6) is 3.59. The summed E-state index contributed by atoms with van der Waals surface area (Å²) >= 11 is 0. The molecule has 4 unspecified atom stereocenters. The van der Waals surface area contributed by atoms with Gasteiger partial charge < -0.3 is 20.1 Å². The first kappa shape index (κ1) is 30.4. The third kappa shape index (κ3) is 9.91. The lowest BCUT2D eigenvalue weighted by molar-refractivity contribution is -0.122. The van der Waals surface area contributed by atoms with Crippen LogP contribution >= 0.6 is 0 Å². The minimum Gasteiger partial charge on any atom is -0.494 e. The molecule has 1 aromatic rings. The van der Waals surface area contributed by atoms with Crippen LogP contribution in [-0.2, 0) is 17.6 Å². The maximum Gasteiger partial charge on any atom is 0.290 e. The van der Waals surface area contributed by atoms with E-state index in [1.165, 1.54) is 62.5 Å².